The van der Waals surface area contributed by atoms with Crippen molar-refractivity contribution in [1.82, 2.24) is 20.3 Å². The molecule has 0 spiro atoms. The average molecular weight is 316 g/mol. The first-order chi connectivity index (χ1) is 11.8. The largest absolute Gasteiger partial charge is 0.350 e. The molecule has 4 rings (SSSR count). The number of nitrogens with zero attached hydrogens (tertiary/aromatic N) is 2. The van der Waals surface area contributed by atoms with Crippen LogP contribution in [0.1, 0.15) is 27.4 Å². The molecule has 2 N–H and O–H groups in total. The van der Waals surface area contributed by atoms with E-state index in [0.29, 0.717) is 18.1 Å². The van der Waals surface area contributed by atoms with E-state index in [1.165, 1.54) is 0 Å². The lowest BCUT2D eigenvalue weighted by Crippen LogP contribution is -2.31. The van der Waals surface area contributed by atoms with Gasteiger partial charge in [-0.05, 0) is 23.8 Å². The summed E-state index contributed by atoms with van der Waals surface area (Å²) in [6.45, 7) is 0.648. The molecule has 0 atom stereocenters. The number of fused-ring (bicyclic) bond motifs is 1. The Morgan fingerprint density at radius 1 is 1.08 bits per heavy atom. The first kappa shape index (κ1) is 14.4. The van der Waals surface area contributed by atoms with Gasteiger partial charge in [0.1, 0.15) is 11.5 Å². The summed E-state index contributed by atoms with van der Waals surface area (Å²) in [6, 6.07) is 13.9. The Labute approximate surface area is 139 Å². The summed E-state index contributed by atoms with van der Waals surface area (Å²) in [6.07, 6.45) is 6.52. The van der Waals surface area contributed by atoms with E-state index >= 15 is 0 Å². The zero-order valence-electron chi connectivity index (χ0n) is 13.0. The third-order valence-electron chi connectivity index (χ3n) is 3.96. The zero-order valence-corrected chi connectivity index (χ0v) is 13.0. The van der Waals surface area contributed by atoms with Crippen LogP contribution >= 0.6 is 0 Å². The molecule has 118 valence electrons. The van der Waals surface area contributed by atoms with Crippen LogP contribution in [0.3, 0.4) is 0 Å². The summed E-state index contributed by atoms with van der Waals surface area (Å²) in [5.74, 6) is 0.589. The van der Waals surface area contributed by atoms with Gasteiger partial charge in [0.2, 0.25) is 0 Å². The van der Waals surface area contributed by atoms with Crippen LogP contribution in [0.15, 0.2) is 48.7 Å². The van der Waals surface area contributed by atoms with E-state index in [4.69, 9.17) is 0 Å². The normalized spacial score (nSPS) is 13.8. The van der Waals surface area contributed by atoms with Gasteiger partial charge in [-0.3, -0.25) is 9.78 Å². The van der Waals surface area contributed by atoms with Crippen molar-refractivity contribution < 1.29 is 4.79 Å². The monoisotopic (exact) mass is 316 g/mol. The molecule has 1 aliphatic rings. The molecular formula is C19H16N4O. The molecule has 3 heterocycles. The first-order valence-corrected chi connectivity index (χ1v) is 7.86. The van der Waals surface area contributed by atoms with Crippen molar-refractivity contribution in [3.8, 4) is 11.4 Å². The van der Waals surface area contributed by atoms with Gasteiger partial charge in [-0.15, -0.1) is 0 Å². The third-order valence-corrected chi connectivity index (χ3v) is 3.96. The van der Waals surface area contributed by atoms with Crippen LogP contribution in [0.4, 0.5) is 0 Å². The Morgan fingerprint density at radius 3 is 2.79 bits per heavy atom. The second kappa shape index (κ2) is 6.12. The molecule has 0 bridgehead atoms. The summed E-state index contributed by atoms with van der Waals surface area (Å²) in [5, 5.41) is 2.81. The first-order valence-electron chi connectivity index (χ1n) is 7.86. The predicted octanol–water partition coefficient (Wildman–Crippen LogP) is 2.93. The van der Waals surface area contributed by atoms with Crippen molar-refractivity contribution in [2.24, 2.45) is 0 Å². The Bertz CT molecular complexity index is 912. The Hall–Kier alpha value is -3.21. The third kappa shape index (κ3) is 2.84. The summed E-state index contributed by atoms with van der Waals surface area (Å²) >= 11 is 0. The summed E-state index contributed by atoms with van der Waals surface area (Å²) in [5.41, 5.74) is 4.27. The molecule has 1 aromatic carbocycles. The van der Waals surface area contributed by atoms with E-state index in [1.54, 1.807) is 6.20 Å². The number of hydrogen-bond donors (Lipinski definition) is 2. The van der Waals surface area contributed by atoms with Gasteiger partial charge in [0.05, 0.1) is 5.69 Å². The maximum absolute atomic E-state index is 11.8. The van der Waals surface area contributed by atoms with Crippen LogP contribution in [-0.4, -0.2) is 27.4 Å². The molecule has 1 amide bonds. The van der Waals surface area contributed by atoms with Crippen LogP contribution in [0, 0.1) is 0 Å². The Balaban J connectivity index is 1.63. The molecule has 24 heavy (non-hydrogen) atoms. The smallest absolute Gasteiger partial charge is 0.271 e. The average Bonchev–Trinajstić information content (AvgIpc) is 3.07. The summed E-state index contributed by atoms with van der Waals surface area (Å²) in [4.78, 5) is 23.9. The molecule has 0 unspecified atom stereocenters. The number of pyridine rings is 1. The van der Waals surface area contributed by atoms with Crippen LogP contribution in [0.2, 0.25) is 0 Å². The number of nitrogens with one attached hydrogen (secondary N) is 2. The number of benzene rings is 1. The van der Waals surface area contributed by atoms with Crippen molar-refractivity contribution in [3.63, 3.8) is 0 Å². The number of hydrogen-bond acceptors (Lipinski definition) is 3. The molecular weight excluding hydrogens is 300 g/mol. The topological polar surface area (TPSA) is 70.7 Å². The van der Waals surface area contributed by atoms with Gasteiger partial charge >= 0.3 is 0 Å². The van der Waals surface area contributed by atoms with Gasteiger partial charge in [0, 0.05) is 30.4 Å². The minimum Gasteiger partial charge on any atom is -0.350 e. The van der Waals surface area contributed by atoms with Crippen LogP contribution in [0.25, 0.3) is 23.5 Å². The summed E-state index contributed by atoms with van der Waals surface area (Å²) < 4.78 is 0. The van der Waals surface area contributed by atoms with E-state index in [2.05, 4.69) is 20.3 Å². The van der Waals surface area contributed by atoms with Crippen molar-refractivity contribution in [1.29, 1.82) is 0 Å². The lowest BCUT2D eigenvalue weighted by molar-refractivity contribution is 0.0941. The molecule has 0 radical (unpaired) electrons. The van der Waals surface area contributed by atoms with E-state index in [0.717, 1.165) is 28.9 Å². The lowest BCUT2D eigenvalue weighted by atomic mass is 10.1. The van der Waals surface area contributed by atoms with E-state index in [1.807, 2.05) is 54.6 Å². The molecule has 5 nitrogen and oxygen atoms in total. The minimum absolute atomic E-state index is 0.114. The van der Waals surface area contributed by atoms with E-state index in [-0.39, 0.29) is 5.91 Å². The molecule has 0 saturated carbocycles. The van der Waals surface area contributed by atoms with Gasteiger partial charge < -0.3 is 10.3 Å². The fraction of sp³-hybridized carbons (Fsp3) is 0.105. The Kier molecular flexibility index (Phi) is 3.67. The fourth-order valence-corrected chi connectivity index (χ4v) is 2.73. The van der Waals surface area contributed by atoms with Gasteiger partial charge in [0.25, 0.3) is 5.91 Å². The highest BCUT2D eigenvalue weighted by molar-refractivity contribution is 5.95. The number of imidazole rings is 1. The number of carbonyl (C=O) groups excluding carboxylic acids is 1. The van der Waals surface area contributed by atoms with Crippen LogP contribution in [-0.2, 0) is 6.42 Å². The Morgan fingerprint density at radius 2 is 1.96 bits per heavy atom. The molecule has 3 aromatic rings. The maximum atomic E-state index is 11.8. The summed E-state index contributed by atoms with van der Waals surface area (Å²) in [7, 11) is 0. The van der Waals surface area contributed by atoms with Gasteiger partial charge in [-0.2, -0.15) is 0 Å². The predicted molar refractivity (Wildman–Crippen MR) is 93.2 cm³/mol. The van der Waals surface area contributed by atoms with E-state index in [9.17, 15) is 4.79 Å². The molecule has 5 heteroatoms. The second-order valence-corrected chi connectivity index (χ2v) is 5.63. The zero-order chi connectivity index (χ0) is 16.4. The standard InChI is InChI=1S/C19H16N4O/c24-19-17-16(9-11-21-19)22-18(23-17)14-8-10-20-15(12-14)7-6-13-4-2-1-3-5-13/h1-8,10,12H,9,11H2,(H,21,24)(H,22,23). The number of aromatic nitrogens is 3. The minimum atomic E-state index is -0.114. The SMILES string of the molecule is O=C1NCCc2[nH]c(-c3ccnc(C=Cc4ccccc4)c3)nc21. The second-order valence-electron chi connectivity index (χ2n) is 5.63. The number of amides is 1. The van der Waals surface area contributed by atoms with Crippen molar-refractivity contribution in [2.75, 3.05) is 6.54 Å². The highest BCUT2D eigenvalue weighted by atomic mass is 16.1. The molecule has 0 aliphatic carbocycles. The fourth-order valence-electron chi connectivity index (χ4n) is 2.73. The van der Waals surface area contributed by atoms with Gasteiger partial charge in [-0.25, -0.2) is 4.98 Å². The van der Waals surface area contributed by atoms with Crippen molar-refractivity contribution in [3.05, 3.63) is 71.3 Å². The number of rotatable bonds is 3. The highest BCUT2D eigenvalue weighted by Gasteiger charge is 2.21. The van der Waals surface area contributed by atoms with Crippen LogP contribution < -0.4 is 5.32 Å². The van der Waals surface area contributed by atoms with Crippen LogP contribution in [0.5, 0.6) is 0 Å². The lowest BCUT2D eigenvalue weighted by Gasteiger charge is -2.09. The molecule has 0 fully saturated rings. The number of aromatic amines is 1. The quantitative estimate of drug-likeness (QED) is 0.780. The highest BCUT2D eigenvalue weighted by Crippen LogP contribution is 2.21. The van der Waals surface area contributed by atoms with Crippen molar-refractivity contribution in [2.45, 2.75) is 6.42 Å². The van der Waals surface area contributed by atoms with Gasteiger partial charge in [-0.1, -0.05) is 36.4 Å². The van der Waals surface area contributed by atoms with Crippen molar-refractivity contribution >= 4 is 18.1 Å². The number of H-pyrrole nitrogens is 1. The molecule has 0 saturated heterocycles. The maximum Gasteiger partial charge on any atom is 0.271 e. The van der Waals surface area contributed by atoms with E-state index < -0.39 is 0 Å². The van der Waals surface area contributed by atoms with Gasteiger partial charge in [0.15, 0.2) is 0 Å². The molecule has 2 aromatic heterocycles. The molecule has 1 aliphatic heterocycles. The number of carbonyl (C=O) groups is 1.